The van der Waals surface area contributed by atoms with Crippen LogP contribution in [0.25, 0.3) is 65.4 Å². The fourth-order valence-corrected chi connectivity index (χ4v) is 8.21. The molecule has 47 heavy (non-hydrogen) atoms. The van der Waals surface area contributed by atoms with E-state index in [1.54, 1.807) is 0 Å². The third kappa shape index (κ3) is 3.67. The van der Waals surface area contributed by atoms with Crippen LogP contribution in [-0.4, -0.2) is 0 Å². The second-order valence-electron chi connectivity index (χ2n) is 13.3. The number of nitrogens with zero attached hydrogens (tertiary/aromatic N) is 1. The standard InChI is InChI=1S/C45H31NO/c1-45(2)38-16-8-6-14-37(38)43-35-23-21-28-19-20-29-27-31(22-24-32(29)42(28)34(35)25-26-39(43)45)46(30-11-4-3-5-12-30)40-17-10-15-36-33-13-7-9-18-41(33)47-44(36)40/h3-27H,1-2H3. The van der Waals surface area contributed by atoms with Crippen LogP contribution in [0.15, 0.2) is 156 Å². The van der Waals surface area contributed by atoms with E-state index < -0.39 is 0 Å². The first-order valence-electron chi connectivity index (χ1n) is 16.4. The molecular weight excluding hydrogens is 571 g/mol. The number of rotatable bonds is 3. The largest absolute Gasteiger partial charge is 0.454 e. The molecule has 0 bridgehead atoms. The molecule has 0 unspecified atom stereocenters. The average molecular weight is 602 g/mol. The van der Waals surface area contributed by atoms with Gasteiger partial charge in [-0.25, -0.2) is 0 Å². The van der Waals surface area contributed by atoms with Crippen LogP contribution in [0.1, 0.15) is 25.0 Å². The molecule has 0 saturated carbocycles. The molecule has 0 saturated heterocycles. The van der Waals surface area contributed by atoms with Crippen molar-refractivity contribution in [1.29, 1.82) is 0 Å². The van der Waals surface area contributed by atoms with E-state index in [0.29, 0.717) is 0 Å². The lowest BCUT2D eigenvalue weighted by molar-refractivity contribution is 0.661. The Morgan fingerprint density at radius 1 is 0.489 bits per heavy atom. The van der Waals surface area contributed by atoms with Crippen molar-refractivity contribution in [1.82, 2.24) is 0 Å². The van der Waals surface area contributed by atoms with E-state index in [4.69, 9.17) is 4.42 Å². The van der Waals surface area contributed by atoms with Crippen LogP contribution >= 0.6 is 0 Å². The summed E-state index contributed by atoms with van der Waals surface area (Å²) in [4.78, 5) is 2.32. The summed E-state index contributed by atoms with van der Waals surface area (Å²) in [7, 11) is 0. The molecule has 0 radical (unpaired) electrons. The zero-order valence-electron chi connectivity index (χ0n) is 26.3. The van der Waals surface area contributed by atoms with Gasteiger partial charge in [0.1, 0.15) is 5.58 Å². The lowest BCUT2D eigenvalue weighted by Gasteiger charge is -2.26. The van der Waals surface area contributed by atoms with E-state index in [0.717, 1.165) is 39.0 Å². The van der Waals surface area contributed by atoms with Gasteiger partial charge in [0.15, 0.2) is 5.58 Å². The average Bonchev–Trinajstić information content (AvgIpc) is 3.61. The van der Waals surface area contributed by atoms with Gasteiger partial charge in [-0.2, -0.15) is 0 Å². The molecule has 0 atom stereocenters. The van der Waals surface area contributed by atoms with Gasteiger partial charge in [-0.3, -0.25) is 0 Å². The maximum absolute atomic E-state index is 6.54. The smallest absolute Gasteiger partial charge is 0.159 e. The number of anilines is 3. The fraction of sp³-hybridized carbons (Fsp3) is 0.0667. The molecule has 1 aliphatic carbocycles. The van der Waals surface area contributed by atoms with Crippen LogP contribution in [-0.2, 0) is 5.41 Å². The molecule has 10 rings (SSSR count). The van der Waals surface area contributed by atoms with Crippen LogP contribution in [0.4, 0.5) is 17.1 Å². The highest BCUT2D eigenvalue weighted by molar-refractivity contribution is 6.23. The summed E-state index contributed by atoms with van der Waals surface area (Å²) in [5.74, 6) is 0. The topological polar surface area (TPSA) is 16.4 Å². The lowest BCUT2D eigenvalue weighted by Crippen LogP contribution is -2.14. The summed E-state index contributed by atoms with van der Waals surface area (Å²) < 4.78 is 6.54. The van der Waals surface area contributed by atoms with E-state index in [2.05, 4.69) is 158 Å². The molecule has 2 nitrogen and oxygen atoms in total. The van der Waals surface area contributed by atoms with Gasteiger partial charge in [-0.1, -0.05) is 129 Å². The molecule has 0 spiro atoms. The Labute approximate surface area is 273 Å². The molecule has 222 valence electrons. The molecule has 9 aromatic rings. The van der Waals surface area contributed by atoms with Crippen LogP contribution in [0, 0.1) is 0 Å². The van der Waals surface area contributed by atoms with Gasteiger partial charge in [0.05, 0.1) is 5.69 Å². The number of furan rings is 1. The number of hydrogen-bond donors (Lipinski definition) is 0. The molecule has 0 N–H and O–H groups in total. The Balaban J connectivity index is 1.21. The van der Waals surface area contributed by atoms with Crippen molar-refractivity contribution in [3.8, 4) is 11.1 Å². The summed E-state index contributed by atoms with van der Waals surface area (Å²) in [6.45, 7) is 4.71. The zero-order valence-corrected chi connectivity index (χ0v) is 26.3. The molecule has 8 aromatic carbocycles. The Morgan fingerprint density at radius 3 is 2.13 bits per heavy atom. The molecular formula is C45H31NO. The van der Waals surface area contributed by atoms with Crippen molar-refractivity contribution in [2.45, 2.75) is 19.3 Å². The highest BCUT2D eigenvalue weighted by Gasteiger charge is 2.36. The molecule has 2 heteroatoms. The van der Waals surface area contributed by atoms with Gasteiger partial charge in [0.2, 0.25) is 0 Å². The molecule has 1 aliphatic rings. The molecule has 0 aliphatic heterocycles. The van der Waals surface area contributed by atoms with Gasteiger partial charge < -0.3 is 9.32 Å². The van der Waals surface area contributed by atoms with Crippen molar-refractivity contribution in [2.75, 3.05) is 4.90 Å². The van der Waals surface area contributed by atoms with Gasteiger partial charge in [0, 0.05) is 27.6 Å². The highest BCUT2D eigenvalue weighted by atomic mass is 16.3. The van der Waals surface area contributed by atoms with E-state index in [9.17, 15) is 0 Å². The first-order chi connectivity index (χ1) is 23.1. The Morgan fingerprint density at radius 2 is 1.21 bits per heavy atom. The minimum Gasteiger partial charge on any atom is -0.454 e. The van der Waals surface area contributed by atoms with Crippen molar-refractivity contribution >= 4 is 71.3 Å². The van der Waals surface area contributed by atoms with Crippen molar-refractivity contribution < 1.29 is 4.42 Å². The van der Waals surface area contributed by atoms with Crippen LogP contribution in [0.5, 0.6) is 0 Å². The maximum Gasteiger partial charge on any atom is 0.159 e. The maximum atomic E-state index is 6.54. The number of para-hydroxylation sites is 3. The predicted molar refractivity (Wildman–Crippen MR) is 198 cm³/mol. The van der Waals surface area contributed by atoms with Crippen molar-refractivity contribution in [3.05, 3.63) is 163 Å². The second kappa shape index (κ2) is 9.57. The number of benzene rings is 8. The zero-order chi connectivity index (χ0) is 31.3. The van der Waals surface area contributed by atoms with E-state index in [-0.39, 0.29) is 5.41 Å². The van der Waals surface area contributed by atoms with Crippen LogP contribution < -0.4 is 4.90 Å². The van der Waals surface area contributed by atoms with Gasteiger partial charge in [-0.05, 0) is 91.0 Å². The summed E-state index contributed by atoms with van der Waals surface area (Å²) in [6, 6.07) is 55.1. The Hall–Kier alpha value is -5.86. The first kappa shape index (κ1) is 26.4. The summed E-state index contributed by atoms with van der Waals surface area (Å²) >= 11 is 0. The number of fused-ring (bicyclic) bond motifs is 12. The van der Waals surface area contributed by atoms with E-state index >= 15 is 0 Å². The third-order valence-electron chi connectivity index (χ3n) is 10.4. The highest BCUT2D eigenvalue weighted by Crippen LogP contribution is 2.52. The minimum absolute atomic E-state index is 0.0215. The number of hydrogen-bond acceptors (Lipinski definition) is 2. The Bertz CT molecular complexity index is 2720. The quantitative estimate of drug-likeness (QED) is 0.187. The SMILES string of the molecule is CC1(C)c2ccccc2-c2c1ccc1c2ccc2ccc3cc(N(c4ccccc4)c4cccc5c4oc4ccccc45)ccc3c21. The minimum atomic E-state index is -0.0215. The summed E-state index contributed by atoms with van der Waals surface area (Å²) in [5.41, 5.74) is 10.5. The lowest BCUT2D eigenvalue weighted by atomic mass is 9.82. The second-order valence-corrected chi connectivity index (χ2v) is 13.3. The van der Waals surface area contributed by atoms with Crippen molar-refractivity contribution in [2.24, 2.45) is 0 Å². The molecule has 1 aromatic heterocycles. The monoisotopic (exact) mass is 601 g/mol. The predicted octanol–water partition coefficient (Wildman–Crippen LogP) is 12.8. The molecule has 0 amide bonds. The Kier molecular flexibility index (Phi) is 5.37. The first-order valence-corrected chi connectivity index (χ1v) is 16.4. The van der Waals surface area contributed by atoms with Gasteiger partial charge >= 0.3 is 0 Å². The van der Waals surface area contributed by atoms with Crippen LogP contribution in [0.2, 0.25) is 0 Å². The van der Waals surface area contributed by atoms with E-state index in [1.807, 2.05) is 12.1 Å². The van der Waals surface area contributed by atoms with E-state index in [1.165, 1.54) is 54.6 Å². The fourth-order valence-electron chi connectivity index (χ4n) is 8.21. The normalized spacial score (nSPS) is 13.5. The molecule has 0 fully saturated rings. The van der Waals surface area contributed by atoms with Crippen LogP contribution in [0.3, 0.4) is 0 Å². The van der Waals surface area contributed by atoms with Crippen molar-refractivity contribution in [3.63, 3.8) is 0 Å². The summed E-state index contributed by atoms with van der Waals surface area (Å²) in [6.07, 6.45) is 0. The van der Waals surface area contributed by atoms with Gasteiger partial charge in [-0.15, -0.1) is 0 Å². The summed E-state index contributed by atoms with van der Waals surface area (Å²) in [5, 5.41) is 9.92. The van der Waals surface area contributed by atoms with Gasteiger partial charge in [0.25, 0.3) is 0 Å². The molecule has 1 heterocycles. The third-order valence-corrected chi connectivity index (χ3v) is 10.4.